The molecule has 2 heterocycles. The Kier molecular flexibility index (Phi) is 2.49. The van der Waals surface area contributed by atoms with Crippen LogP contribution in [0.1, 0.15) is 10.4 Å². The SMILES string of the molecule is Nc1ncc(Cc2ccc3ncccc3c2)s1. The van der Waals surface area contributed by atoms with Gasteiger partial charge in [0.15, 0.2) is 5.13 Å². The Morgan fingerprint density at radius 3 is 2.94 bits per heavy atom. The average molecular weight is 241 g/mol. The summed E-state index contributed by atoms with van der Waals surface area (Å²) in [7, 11) is 0. The van der Waals surface area contributed by atoms with Gasteiger partial charge in [0.1, 0.15) is 0 Å². The number of hydrogen-bond acceptors (Lipinski definition) is 4. The van der Waals surface area contributed by atoms with Gasteiger partial charge in [-0.25, -0.2) is 4.98 Å². The molecule has 0 aliphatic heterocycles. The normalized spacial score (nSPS) is 10.8. The average Bonchev–Trinajstić information content (AvgIpc) is 2.75. The highest BCUT2D eigenvalue weighted by Crippen LogP contribution is 2.20. The van der Waals surface area contributed by atoms with E-state index in [1.54, 1.807) is 0 Å². The lowest BCUT2D eigenvalue weighted by atomic mass is 10.1. The Morgan fingerprint density at radius 2 is 2.12 bits per heavy atom. The molecule has 0 unspecified atom stereocenters. The topological polar surface area (TPSA) is 51.8 Å². The summed E-state index contributed by atoms with van der Waals surface area (Å²) in [5.74, 6) is 0. The summed E-state index contributed by atoms with van der Waals surface area (Å²) in [5, 5.41) is 1.80. The summed E-state index contributed by atoms with van der Waals surface area (Å²) in [5.41, 5.74) is 7.91. The quantitative estimate of drug-likeness (QED) is 0.750. The molecule has 0 atom stereocenters. The van der Waals surface area contributed by atoms with Gasteiger partial charge in [0.05, 0.1) is 5.52 Å². The number of anilines is 1. The van der Waals surface area contributed by atoms with Gasteiger partial charge in [0.25, 0.3) is 0 Å². The highest BCUT2D eigenvalue weighted by atomic mass is 32.1. The van der Waals surface area contributed by atoms with Crippen LogP contribution in [-0.4, -0.2) is 9.97 Å². The Morgan fingerprint density at radius 1 is 1.18 bits per heavy atom. The number of pyridine rings is 1. The van der Waals surface area contributed by atoms with Crippen molar-refractivity contribution in [2.45, 2.75) is 6.42 Å². The van der Waals surface area contributed by atoms with Gasteiger partial charge in [-0.15, -0.1) is 11.3 Å². The predicted octanol–water partition coefficient (Wildman–Crippen LogP) is 2.86. The van der Waals surface area contributed by atoms with Crippen LogP contribution >= 0.6 is 11.3 Å². The van der Waals surface area contributed by atoms with E-state index >= 15 is 0 Å². The number of nitrogens with two attached hydrogens (primary N) is 1. The molecule has 0 aliphatic rings. The number of hydrogen-bond donors (Lipinski definition) is 1. The van der Waals surface area contributed by atoms with Crippen LogP contribution < -0.4 is 5.73 Å². The minimum atomic E-state index is 0.627. The van der Waals surface area contributed by atoms with Gasteiger partial charge >= 0.3 is 0 Å². The van der Waals surface area contributed by atoms with Crippen molar-refractivity contribution in [1.29, 1.82) is 0 Å². The lowest BCUT2D eigenvalue weighted by molar-refractivity contribution is 1.22. The molecule has 0 aliphatic carbocycles. The van der Waals surface area contributed by atoms with Crippen molar-refractivity contribution in [2.75, 3.05) is 5.73 Å². The van der Waals surface area contributed by atoms with Crippen LogP contribution in [0.4, 0.5) is 5.13 Å². The molecule has 17 heavy (non-hydrogen) atoms. The summed E-state index contributed by atoms with van der Waals surface area (Å²) >= 11 is 1.54. The van der Waals surface area contributed by atoms with Crippen molar-refractivity contribution in [1.82, 2.24) is 9.97 Å². The number of aromatic nitrogens is 2. The standard InChI is InChI=1S/C13H11N3S/c14-13-16-8-11(17-13)7-9-3-4-12-10(6-9)2-1-5-15-12/h1-6,8H,7H2,(H2,14,16). The van der Waals surface area contributed by atoms with Crippen LogP contribution in [0.2, 0.25) is 0 Å². The summed E-state index contributed by atoms with van der Waals surface area (Å²) in [4.78, 5) is 9.55. The first-order valence-corrected chi connectivity index (χ1v) is 6.17. The Balaban J connectivity index is 1.95. The third-order valence-corrected chi connectivity index (χ3v) is 3.44. The molecular weight excluding hydrogens is 230 g/mol. The number of nitrogens with zero attached hydrogens (tertiary/aromatic N) is 2. The summed E-state index contributed by atoms with van der Waals surface area (Å²) in [6.45, 7) is 0. The van der Waals surface area contributed by atoms with Crippen LogP contribution in [0.3, 0.4) is 0 Å². The maximum atomic E-state index is 5.62. The number of benzene rings is 1. The molecule has 0 saturated heterocycles. The number of thiazole rings is 1. The van der Waals surface area contributed by atoms with Gasteiger partial charge in [-0.3, -0.25) is 4.98 Å². The second kappa shape index (κ2) is 4.14. The minimum Gasteiger partial charge on any atom is -0.375 e. The van der Waals surface area contributed by atoms with Crippen molar-refractivity contribution in [2.24, 2.45) is 0 Å². The molecule has 0 radical (unpaired) electrons. The molecule has 2 N–H and O–H groups in total. The summed E-state index contributed by atoms with van der Waals surface area (Å²) in [6, 6.07) is 10.3. The van der Waals surface area contributed by atoms with Crippen LogP contribution in [0.15, 0.2) is 42.7 Å². The maximum Gasteiger partial charge on any atom is 0.180 e. The molecular formula is C13H11N3S. The maximum absolute atomic E-state index is 5.62. The van der Waals surface area contributed by atoms with E-state index in [1.165, 1.54) is 27.2 Å². The fourth-order valence-corrected chi connectivity index (χ4v) is 2.56. The lowest BCUT2D eigenvalue weighted by Gasteiger charge is -2.01. The van der Waals surface area contributed by atoms with Gasteiger partial charge < -0.3 is 5.73 Å². The van der Waals surface area contributed by atoms with E-state index in [4.69, 9.17) is 5.73 Å². The minimum absolute atomic E-state index is 0.627. The Bertz CT molecular complexity index is 660. The smallest absolute Gasteiger partial charge is 0.180 e. The molecule has 3 rings (SSSR count). The zero-order valence-electron chi connectivity index (χ0n) is 9.13. The summed E-state index contributed by atoms with van der Waals surface area (Å²) in [6.07, 6.45) is 4.53. The molecule has 1 aromatic carbocycles. The first kappa shape index (κ1) is 10.2. The van der Waals surface area contributed by atoms with Gasteiger partial charge in [0.2, 0.25) is 0 Å². The highest BCUT2D eigenvalue weighted by Gasteiger charge is 2.02. The van der Waals surface area contributed by atoms with Crippen LogP contribution in [-0.2, 0) is 6.42 Å². The lowest BCUT2D eigenvalue weighted by Crippen LogP contribution is -1.86. The van der Waals surface area contributed by atoms with Gasteiger partial charge in [-0.1, -0.05) is 12.1 Å². The molecule has 0 bridgehead atoms. The van der Waals surface area contributed by atoms with Gasteiger partial charge in [-0.2, -0.15) is 0 Å². The fourth-order valence-electron chi connectivity index (χ4n) is 1.84. The molecule has 3 nitrogen and oxygen atoms in total. The molecule has 4 heteroatoms. The van der Waals surface area contributed by atoms with Crippen molar-refractivity contribution in [3.05, 3.63) is 53.2 Å². The molecule has 0 saturated carbocycles. The van der Waals surface area contributed by atoms with E-state index < -0.39 is 0 Å². The second-order valence-corrected chi connectivity index (χ2v) is 5.02. The molecule has 84 valence electrons. The van der Waals surface area contributed by atoms with Crippen molar-refractivity contribution >= 4 is 27.4 Å². The molecule has 3 aromatic rings. The van der Waals surface area contributed by atoms with Crippen LogP contribution in [0.25, 0.3) is 10.9 Å². The van der Waals surface area contributed by atoms with Crippen molar-refractivity contribution < 1.29 is 0 Å². The first-order chi connectivity index (χ1) is 8.31. The number of nitrogen functional groups attached to an aromatic ring is 1. The number of rotatable bonds is 2. The van der Waals surface area contributed by atoms with Crippen molar-refractivity contribution in [3.63, 3.8) is 0 Å². The Labute approximate surface area is 103 Å². The first-order valence-electron chi connectivity index (χ1n) is 5.35. The highest BCUT2D eigenvalue weighted by molar-refractivity contribution is 7.15. The number of fused-ring (bicyclic) bond motifs is 1. The van der Waals surface area contributed by atoms with Crippen LogP contribution in [0.5, 0.6) is 0 Å². The van der Waals surface area contributed by atoms with E-state index in [9.17, 15) is 0 Å². The van der Waals surface area contributed by atoms with E-state index in [0.717, 1.165) is 11.9 Å². The van der Waals surface area contributed by atoms with E-state index in [0.29, 0.717) is 5.13 Å². The molecule has 0 spiro atoms. The monoisotopic (exact) mass is 241 g/mol. The Hall–Kier alpha value is -1.94. The van der Waals surface area contributed by atoms with Gasteiger partial charge in [-0.05, 0) is 23.8 Å². The van der Waals surface area contributed by atoms with E-state index in [-0.39, 0.29) is 0 Å². The van der Waals surface area contributed by atoms with Crippen LogP contribution in [0, 0.1) is 0 Å². The predicted molar refractivity (Wildman–Crippen MR) is 71.1 cm³/mol. The second-order valence-electron chi connectivity index (χ2n) is 3.87. The van der Waals surface area contributed by atoms with Gasteiger partial charge in [0, 0.05) is 29.1 Å². The summed E-state index contributed by atoms with van der Waals surface area (Å²) < 4.78 is 0. The zero-order chi connectivity index (χ0) is 11.7. The fraction of sp³-hybridized carbons (Fsp3) is 0.0769. The molecule has 0 fully saturated rings. The molecule has 2 aromatic heterocycles. The van der Waals surface area contributed by atoms with E-state index in [2.05, 4.69) is 34.2 Å². The molecule has 0 amide bonds. The largest absolute Gasteiger partial charge is 0.375 e. The third-order valence-electron chi connectivity index (χ3n) is 2.62. The van der Waals surface area contributed by atoms with Crippen molar-refractivity contribution in [3.8, 4) is 0 Å². The third kappa shape index (κ3) is 2.12. The van der Waals surface area contributed by atoms with E-state index in [1.807, 2.05) is 18.5 Å². The zero-order valence-corrected chi connectivity index (χ0v) is 9.95.